The molecule has 7 nitrogen and oxygen atoms in total. The molecule has 0 radical (unpaired) electrons. The van der Waals surface area contributed by atoms with Crippen molar-refractivity contribution in [3.63, 3.8) is 0 Å². The largest absolute Gasteiger partial charge is 0.452 e. The number of hydrogen-bond acceptors (Lipinski definition) is 6. The van der Waals surface area contributed by atoms with Crippen LogP contribution in [0.15, 0.2) is 18.2 Å². The average Bonchev–Trinajstić information content (AvgIpc) is 3.09. The van der Waals surface area contributed by atoms with Crippen LogP contribution in [0.5, 0.6) is 0 Å². The summed E-state index contributed by atoms with van der Waals surface area (Å²) >= 11 is 0. The van der Waals surface area contributed by atoms with E-state index in [-0.39, 0.29) is 17.5 Å². The molecule has 1 aliphatic carbocycles. The summed E-state index contributed by atoms with van der Waals surface area (Å²) in [5.74, 6) is -0.866. The smallest absolute Gasteiger partial charge is 0.339 e. The molecule has 1 saturated heterocycles. The van der Waals surface area contributed by atoms with E-state index in [4.69, 9.17) is 9.72 Å². The lowest BCUT2D eigenvalue weighted by atomic mass is 9.89. The Bertz CT molecular complexity index is 1130. The van der Waals surface area contributed by atoms with Crippen molar-refractivity contribution < 1.29 is 22.7 Å². The van der Waals surface area contributed by atoms with E-state index >= 15 is 0 Å². The van der Waals surface area contributed by atoms with E-state index < -0.39 is 28.3 Å². The van der Waals surface area contributed by atoms with Gasteiger partial charge in [-0.05, 0) is 56.7 Å². The number of benzene rings is 1. The highest BCUT2D eigenvalue weighted by Gasteiger charge is 2.33. The minimum Gasteiger partial charge on any atom is -0.452 e. The molecule has 0 N–H and O–H groups in total. The highest BCUT2D eigenvalue weighted by atomic mass is 32.2. The predicted octanol–water partition coefficient (Wildman–Crippen LogP) is 2.22. The van der Waals surface area contributed by atoms with Crippen LogP contribution in [0, 0.1) is 6.92 Å². The highest BCUT2D eigenvalue weighted by molar-refractivity contribution is 7.91. The molecule has 2 aliphatic rings. The first-order chi connectivity index (χ1) is 14.2. The maximum atomic E-state index is 13.1. The first-order valence-electron chi connectivity index (χ1n) is 10.3. The second-order valence-corrected chi connectivity index (χ2v) is 10.5. The number of ether oxygens (including phenoxy) is 1. The van der Waals surface area contributed by atoms with Crippen molar-refractivity contribution in [2.24, 2.45) is 0 Å². The number of rotatable bonds is 4. The molecular weight excluding hydrogens is 404 g/mol. The number of amides is 1. The third-order valence-corrected chi connectivity index (χ3v) is 7.85. The van der Waals surface area contributed by atoms with Crippen LogP contribution in [0.4, 0.5) is 0 Å². The molecule has 0 unspecified atom stereocenters. The predicted molar refractivity (Wildman–Crippen MR) is 113 cm³/mol. The molecule has 0 bridgehead atoms. The van der Waals surface area contributed by atoms with Crippen molar-refractivity contribution in [3.05, 3.63) is 40.6 Å². The zero-order chi connectivity index (χ0) is 21.5. The van der Waals surface area contributed by atoms with Crippen molar-refractivity contribution in [2.45, 2.75) is 45.1 Å². The van der Waals surface area contributed by atoms with Crippen LogP contribution < -0.4 is 0 Å². The van der Waals surface area contributed by atoms with E-state index in [1.807, 2.05) is 25.1 Å². The van der Waals surface area contributed by atoms with Crippen LogP contribution in [-0.2, 0) is 32.2 Å². The Morgan fingerprint density at radius 2 is 2.00 bits per heavy atom. The summed E-state index contributed by atoms with van der Waals surface area (Å²) in [5, 5.41) is 0.753. The van der Waals surface area contributed by atoms with Crippen LogP contribution in [0.1, 0.15) is 46.4 Å². The molecule has 8 heteroatoms. The van der Waals surface area contributed by atoms with Gasteiger partial charge in [0.2, 0.25) is 0 Å². The van der Waals surface area contributed by atoms with Gasteiger partial charge in [-0.15, -0.1) is 0 Å². The quantitative estimate of drug-likeness (QED) is 0.691. The van der Waals surface area contributed by atoms with E-state index in [0.717, 1.165) is 53.4 Å². The third-order valence-electron chi connectivity index (χ3n) is 6.10. The van der Waals surface area contributed by atoms with Crippen LogP contribution in [0.2, 0.25) is 0 Å². The van der Waals surface area contributed by atoms with Crippen molar-refractivity contribution in [1.82, 2.24) is 9.88 Å². The number of fused-ring (bicyclic) bond motifs is 2. The summed E-state index contributed by atoms with van der Waals surface area (Å²) in [6.07, 6.45) is 4.05. The van der Waals surface area contributed by atoms with Gasteiger partial charge >= 0.3 is 5.97 Å². The molecule has 2 aromatic rings. The lowest BCUT2D eigenvalue weighted by Gasteiger charge is -2.24. The first kappa shape index (κ1) is 20.8. The van der Waals surface area contributed by atoms with Gasteiger partial charge in [0.25, 0.3) is 5.91 Å². The van der Waals surface area contributed by atoms with Crippen molar-refractivity contribution >= 4 is 32.6 Å². The molecular formula is C22H26N2O5S. The van der Waals surface area contributed by atoms with Gasteiger partial charge in [0.05, 0.1) is 22.6 Å². The molecule has 30 heavy (non-hydrogen) atoms. The number of aryl methyl sites for hydroxylation is 2. The van der Waals surface area contributed by atoms with Gasteiger partial charge in [-0.2, -0.15) is 0 Å². The fourth-order valence-corrected chi connectivity index (χ4v) is 6.13. The summed E-state index contributed by atoms with van der Waals surface area (Å²) in [4.78, 5) is 31.7. The van der Waals surface area contributed by atoms with E-state index in [1.54, 1.807) is 7.05 Å². The molecule has 0 saturated carbocycles. The number of pyridine rings is 1. The van der Waals surface area contributed by atoms with Crippen LogP contribution in [-0.4, -0.2) is 61.4 Å². The van der Waals surface area contributed by atoms with Gasteiger partial charge in [-0.25, -0.2) is 13.2 Å². The molecule has 1 aromatic carbocycles. The fourth-order valence-electron chi connectivity index (χ4n) is 4.36. The lowest BCUT2D eigenvalue weighted by molar-refractivity contribution is -0.134. The van der Waals surface area contributed by atoms with Crippen molar-refractivity contribution in [1.29, 1.82) is 0 Å². The zero-order valence-corrected chi connectivity index (χ0v) is 18.1. The third kappa shape index (κ3) is 4.05. The van der Waals surface area contributed by atoms with Crippen LogP contribution in [0.25, 0.3) is 10.9 Å². The van der Waals surface area contributed by atoms with Gasteiger partial charge in [-0.3, -0.25) is 9.78 Å². The maximum absolute atomic E-state index is 13.1. The van der Waals surface area contributed by atoms with Gasteiger partial charge in [0.15, 0.2) is 16.4 Å². The molecule has 2 heterocycles. The number of aromatic nitrogens is 1. The van der Waals surface area contributed by atoms with E-state index in [1.165, 1.54) is 4.90 Å². The van der Waals surface area contributed by atoms with Gasteiger partial charge < -0.3 is 9.64 Å². The van der Waals surface area contributed by atoms with Crippen molar-refractivity contribution in [3.8, 4) is 0 Å². The van der Waals surface area contributed by atoms with Crippen LogP contribution >= 0.6 is 0 Å². The molecule has 1 atom stereocenters. The molecule has 1 amide bonds. The van der Waals surface area contributed by atoms with Crippen LogP contribution in [0.3, 0.4) is 0 Å². The second-order valence-electron chi connectivity index (χ2n) is 8.28. The topological polar surface area (TPSA) is 93.6 Å². The first-order valence-corrected chi connectivity index (χ1v) is 12.1. The Hall–Kier alpha value is -2.48. The van der Waals surface area contributed by atoms with Crippen molar-refractivity contribution in [2.75, 3.05) is 25.2 Å². The summed E-state index contributed by atoms with van der Waals surface area (Å²) in [6, 6.07) is 5.45. The Kier molecular flexibility index (Phi) is 5.53. The SMILES string of the molecule is Cc1ccc2nc3c(c(C(=O)OCC(=O)N(C)[C@@H]4CCS(=O)(=O)C4)c2c1)CCCC3. The molecule has 1 aliphatic heterocycles. The number of carbonyl (C=O) groups excluding carboxylic acids is 2. The summed E-state index contributed by atoms with van der Waals surface area (Å²) < 4.78 is 28.8. The lowest BCUT2D eigenvalue weighted by Crippen LogP contribution is -2.40. The minimum absolute atomic E-state index is 0.0367. The summed E-state index contributed by atoms with van der Waals surface area (Å²) in [5.41, 5.74) is 4.15. The zero-order valence-electron chi connectivity index (χ0n) is 17.3. The Labute approximate surface area is 176 Å². The monoisotopic (exact) mass is 430 g/mol. The minimum atomic E-state index is -3.10. The number of likely N-dealkylation sites (N-methyl/N-ethyl adjacent to an activating group) is 1. The Morgan fingerprint density at radius 3 is 2.73 bits per heavy atom. The highest BCUT2D eigenvalue weighted by Crippen LogP contribution is 2.30. The number of carbonyl (C=O) groups is 2. The standard InChI is InChI=1S/C22H26N2O5S/c1-14-7-8-19-17(11-14)21(16-5-3-4-6-18(16)23-19)22(26)29-12-20(25)24(2)15-9-10-30(27,28)13-15/h7-8,11,15H,3-6,9-10,12-13H2,1-2H3/t15-/m1/s1. The second kappa shape index (κ2) is 7.98. The van der Waals surface area contributed by atoms with Gasteiger partial charge in [-0.1, -0.05) is 11.6 Å². The number of esters is 1. The Balaban J connectivity index is 1.56. The Morgan fingerprint density at radius 1 is 1.23 bits per heavy atom. The van der Waals surface area contributed by atoms with Gasteiger partial charge in [0, 0.05) is 24.2 Å². The average molecular weight is 431 g/mol. The number of nitrogens with zero attached hydrogens (tertiary/aromatic N) is 2. The number of sulfone groups is 1. The molecule has 4 rings (SSSR count). The van der Waals surface area contributed by atoms with E-state index in [2.05, 4.69) is 0 Å². The summed E-state index contributed by atoms with van der Waals surface area (Å²) in [6.45, 7) is 1.55. The molecule has 1 fully saturated rings. The normalized spacial score (nSPS) is 20.0. The van der Waals surface area contributed by atoms with E-state index in [0.29, 0.717) is 12.0 Å². The van der Waals surface area contributed by atoms with Gasteiger partial charge in [0.1, 0.15) is 0 Å². The molecule has 0 spiro atoms. The maximum Gasteiger partial charge on any atom is 0.339 e. The van der Waals surface area contributed by atoms with E-state index in [9.17, 15) is 18.0 Å². The molecule has 160 valence electrons. The fraction of sp³-hybridized carbons (Fsp3) is 0.500. The summed E-state index contributed by atoms with van der Waals surface area (Å²) in [7, 11) is -1.53. The number of hydrogen-bond donors (Lipinski definition) is 0. The molecule has 1 aromatic heterocycles.